The van der Waals surface area contributed by atoms with Crippen molar-refractivity contribution in [1.82, 2.24) is 29.8 Å². The van der Waals surface area contributed by atoms with E-state index in [-0.39, 0.29) is 53.9 Å². The molecule has 340 valence electrons. The van der Waals surface area contributed by atoms with Gasteiger partial charge in [-0.25, -0.2) is 18.4 Å². The number of esters is 1. The van der Waals surface area contributed by atoms with Crippen LogP contribution in [0.2, 0.25) is 0 Å². The second-order valence-electron chi connectivity index (χ2n) is 17.3. The van der Waals surface area contributed by atoms with Gasteiger partial charge in [0.05, 0.1) is 18.3 Å². The minimum atomic E-state index is -0.563. The highest BCUT2D eigenvalue weighted by Crippen LogP contribution is 2.33. The van der Waals surface area contributed by atoms with Crippen molar-refractivity contribution in [1.29, 1.82) is 0 Å². The molecule has 5 aliphatic rings. The number of rotatable bonds is 11. The zero-order valence-electron chi connectivity index (χ0n) is 36.3. The van der Waals surface area contributed by atoms with Crippen LogP contribution < -0.4 is 5.32 Å². The molecule has 63 heavy (non-hydrogen) atoms. The molecular formula is C45H56F2N6O10. The monoisotopic (exact) mass is 878 g/mol. The van der Waals surface area contributed by atoms with Crippen molar-refractivity contribution in [3.05, 3.63) is 89.6 Å². The van der Waals surface area contributed by atoms with Crippen LogP contribution in [0.25, 0.3) is 5.70 Å². The smallest absolute Gasteiger partial charge is 0.410 e. The minimum Gasteiger partial charge on any atom is -0.456 e. The lowest BCUT2D eigenvalue weighted by atomic mass is 9.88. The fourth-order valence-electron chi connectivity index (χ4n) is 8.11. The lowest BCUT2D eigenvalue weighted by molar-refractivity contribution is -0.152. The highest BCUT2D eigenvalue weighted by atomic mass is 19.1. The number of likely N-dealkylation sites (tertiary alicyclic amines) is 2. The van der Waals surface area contributed by atoms with Crippen molar-refractivity contribution in [2.75, 3.05) is 59.6 Å². The summed E-state index contributed by atoms with van der Waals surface area (Å²) in [5, 5.41) is 3.38. The van der Waals surface area contributed by atoms with Gasteiger partial charge in [-0.15, -0.1) is 0 Å². The summed E-state index contributed by atoms with van der Waals surface area (Å²) >= 11 is 0. The van der Waals surface area contributed by atoms with Crippen LogP contribution >= 0.6 is 0 Å². The summed E-state index contributed by atoms with van der Waals surface area (Å²) in [5.41, 5.74) is 1.02. The van der Waals surface area contributed by atoms with E-state index in [4.69, 9.17) is 18.9 Å². The Kier molecular flexibility index (Phi) is 15.1. The van der Waals surface area contributed by atoms with Gasteiger partial charge in [0.2, 0.25) is 0 Å². The van der Waals surface area contributed by atoms with Crippen LogP contribution in [-0.4, -0.2) is 144 Å². The molecule has 0 spiro atoms. The highest BCUT2D eigenvalue weighted by molar-refractivity contribution is 6.12. The quantitative estimate of drug-likeness (QED) is 0.191. The van der Waals surface area contributed by atoms with Crippen molar-refractivity contribution in [3.63, 3.8) is 0 Å². The number of amides is 5. The van der Waals surface area contributed by atoms with Gasteiger partial charge in [0, 0.05) is 96.2 Å². The third kappa shape index (κ3) is 12.3. The van der Waals surface area contributed by atoms with Gasteiger partial charge in [0.1, 0.15) is 29.5 Å². The molecule has 3 unspecified atom stereocenters. The van der Waals surface area contributed by atoms with E-state index in [1.807, 2.05) is 35.2 Å². The van der Waals surface area contributed by atoms with Crippen LogP contribution in [0.4, 0.5) is 18.4 Å². The Hall–Kier alpha value is -6.04. The zero-order chi connectivity index (χ0) is 45.4. The highest BCUT2D eigenvalue weighted by Gasteiger charge is 2.42. The average Bonchev–Trinajstić information content (AvgIpc) is 3.95. The van der Waals surface area contributed by atoms with E-state index >= 15 is 0 Å². The number of halogens is 2. The average molecular weight is 879 g/mol. The van der Waals surface area contributed by atoms with Gasteiger partial charge < -0.3 is 43.9 Å². The van der Waals surface area contributed by atoms with Gasteiger partial charge in [-0.2, -0.15) is 0 Å². The SMILES string of the molecule is CC(=O)OCC(=O)N(C)C(C1CCOCC1)C1NC(c2cc(F)ccc2F)=CN1Cc1ccccc1.CC(C)(C)OC(=O)N1CCC(OC(=O)N2CC(CN3C(=O)C=CC3=O)C2)C1. The first-order valence-corrected chi connectivity index (χ1v) is 21.1. The van der Waals surface area contributed by atoms with E-state index in [1.165, 1.54) is 24.0 Å². The third-order valence-corrected chi connectivity index (χ3v) is 11.3. The number of carbonyl (C=O) groups excluding carboxylic acids is 6. The van der Waals surface area contributed by atoms with E-state index in [0.29, 0.717) is 64.6 Å². The molecule has 2 aromatic rings. The first-order valence-electron chi connectivity index (χ1n) is 21.1. The zero-order valence-corrected chi connectivity index (χ0v) is 36.3. The summed E-state index contributed by atoms with van der Waals surface area (Å²) in [5.74, 6) is -2.44. The number of hydrogen-bond donors (Lipinski definition) is 1. The van der Waals surface area contributed by atoms with E-state index < -0.39 is 41.6 Å². The van der Waals surface area contributed by atoms with Crippen molar-refractivity contribution in [2.24, 2.45) is 11.8 Å². The molecule has 18 heteroatoms. The Labute approximate surface area is 365 Å². The van der Waals surface area contributed by atoms with Crippen LogP contribution in [0.1, 0.15) is 58.1 Å². The van der Waals surface area contributed by atoms with E-state index in [2.05, 4.69) is 5.32 Å². The molecule has 0 bridgehead atoms. The maximum atomic E-state index is 14.7. The molecule has 0 radical (unpaired) electrons. The summed E-state index contributed by atoms with van der Waals surface area (Å²) in [7, 11) is 1.69. The Balaban J connectivity index is 0.000000219. The van der Waals surface area contributed by atoms with Crippen molar-refractivity contribution < 1.29 is 56.5 Å². The van der Waals surface area contributed by atoms with E-state index in [9.17, 15) is 37.5 Å². The molecule has 3 atom stereocenters. The molecule has 5 amide bonds. The number of likely N-dealkylation sites (N-methyl/N-ethyl adjacent to an activating group) is 1. The predicted molar refractivity (Wildman–Crippen MR) is 224 cm³/mol. The number of nitrogens with one attached hydrogen (secondary N) is 1. The molecule has 0 aromatic heterocycles. The second kappa shape index (κ2) is 20.4. The van der Waals surface area contributed by atoms with Crippen LogP contribution in [0.5, 0.6) is 0 Å². The van der Waals surface area contributed by atoms with Gasteiger partial charge >= 0.3 is 18.2 Å². The molecule has 0 aliphatic carbocycles. The van der Waals surface area contributed by atoms with Gasteiger partial charge in [-0.1, -0.05) is 30.3 Å². The van der Waals surface area contributed by atoms with Gasteiger partial charge in [0.15, 0.2) is 6.61 Å². The lowest BCUT2D eigenvalue weighted by Crippen LogP contribution is -2.58. The predicted octanol–water partition coefficient (Wildman–Crippen LogP) is 4.50. The van der Waals surface area contributed by atoms with Crippen molar-refractivity contribution in [2.45, 2.75) is 77.4 Å². The Morgan fingerprint density at radius 2 is 1.60 bits per heavy atom. The standard InChI is InChI=1S/C27H31F2N3O4.C18H25N3O6/c1-18(33)36-17-25(34)31(2)26(20-10-12-35-13-11-20)27-30-24(22-14-21(28)8-9-23(22)29)16-32(27)15-19-6-4-3-5-7-19;1-18(2,3)27-17(25)19-7-6-13(11-19)26-16(24)20-8-12(9-20)10-21-14(22)4-5-15(21)23/h3-9,14,16,20,26-27,30H,10-13,15,17H2,1-2H3;4-5,12-13H,6-11H2,1-3H3. The number of ether oxygens (including phenoxy) is 4. The van der Waals surface area contributed by atoms with Crippen LogP contribution in [-0.2, 0) is 44.7 Å². The fourth-order valence-corrected chi connectivity index (χ4v) is 8.11. The van der Waals surface area contributed by atoms with Gasteiger partial charge in [-0.05, 0) is 63.3 Å². The Bertz CT molecular complexity index is 2050. The second-order valence-corrected chi connectivity index (χ2v) is 17.3. The van der Waals surface area contributed by atoms with Crippen LogP contribution in [0.15, 0.2) is 66.9 Å². The lowest BCUT2D eigenvalue weighted by Gasteiger charge is -2.43. The van der Waals surface area contributed by atoms with Crippen molar-refractivity contribution in [3.8, 4) is 0 Å². The first kappa shape index (κ1) is 46.5. The van der Waals surface area contributed by atoms with Crippen LogP contribution in [0.3, 0.4) is 0 Å². The number of hydrogen-bond acceptors (Lipinski definition) is 12. The molecule has 5 heterocycles. The summed E-state index contributed by atoms with van der Waals surface area (Å²) in [6.07, 6.45) is 4.71. The summed E-state index contributed by atoms with van der Waals surface area (Å²) < 4.78 is 50.1. The van der Waals surface area contributed by atoms with E-state index in [0.717, 1.165) is 36.6 Å². The maximum Gasteiger partial charge on any atom is 0.410 e. The summed E-state index contributed by atoms with van der Waals surface area (Å²) in [6, 6.07) is 12.8. The molecule has 7 rings (SSSR count). The summed E-state index contributed by atoms with van der Waals surface area (Å²) in [4.78, 5) is 79.6. The van der Waals surface area contributed by atoms with Gasteiger partial charge in [-0.3, -0.25) is 24.1 Å². The topological polar surface area (TPSA) is 168 Å². The Morgan fingerprint density at radius 1 is 0.921 bits per heavy atom. The fraction of sp³-hybridized carbons (Fsp3) is 0.511. The molecular weight excluding hydrogens is 823 g/mol. The van der Waals surface area contributed by atoms with Crippen molar-refractivity contribution >= 4 is 41.6 Å². The molecule has 5 aliphatic heterocycles. The van der Waals surface area contributed by atoms with Crippen LogP contribution in [0, 0.1) is 23.5 Å². The number of benzene rings is 2. The number of nitrogens with zero attached hydrogens (tertiary/aromatic N) is 5. The first-order chi connectivity index (χ1) is 29.9. The molecule has 16 nitrogen and oxygen atoms in total. The number of imide groups is 1. The minimum absolute atomic E-state index is 0.0622. The number of carbonyl (C=O) groups is 6. The normalized spacial score (nSPS) is 20.7. The maximum absolute atomic E-state index is 14.7. The van der Waals surface area contributed by atoms with E-state index in [1.54, 1.807) is 48.7 Å². The summed E-state index contributed by atoms with van der Waals surface area (Å²) in [6.45, 7) is 9.93. The molecule has 3 fully saturated rings. The molecule has 3 saturated heterocycles. The molecule has 1 N–H and O–H groups in total. The van der Waals surface area contributed by atoms with Gasteiger partial charge in [0.25, 0.3) is 17.7 Å². The Morgan fingerprint density at radius 3 is 2.25 bits per heavy atom. The third-order valence-electron chi connectivity index (χ3n) is 11.3. The molecule has 2 aromatic carbocycles. The molecule has 0 saturated carbocycles. The largest absolute Gasteiger partial charge is 0.456 e.